The van der Waals surface area contributed by atoms with Gasteiger partial charge in [0.2, 0.25) is 5.91 Å². The monoisotopic (exact) mass is 358 g/mol. The van der Waals surface area contributed by atoms with Crippen LogP contribution in [0.2, 0.25) is 0 Å². The van der Waals surface area contributed by atoms with Crippen LogP contribution in [0.4, 0.5) is 23.2 Å². The first-order valence-electron chi connectivity index (χ1n) is 8.66. The van der Waals surface area contributed by atoms with Crippen LogP contribution >= 0.6 is 0 Å². The Morgan fingerprint density at radius 3 is 2.32 bits per heavy atom. The van der Waals surface area contributed by atoms with E-state index in [-0.39, 0.29) is 18.3 Å². The number of hydrogen-bond acceptors (Lipinski definition) is 2. The maximum absolute atomic E-state index is 13.1. The Kier molecular flexibility index (Phi) is 5.04. The summed E-state index contributed by atoms with van der Waals surface area (Å²) in [4.78, 5) is 16.5. The molecule has 0 aromatic heterocycles. The SMILES string of the molecule is O=C1N(c2ccc(F)cc2)CCCC12CCCN(CCC(F)(F)F)C2. The third-order valence-corrected chi connectivity index (χ3v) is 5.24. The molecule has 3 nitrogen and oxygen atoms in total. The van der Waals surface area contributed by atoms with Gasteiger partial charge >= 0.3 is 6.18 Å². The molecule has 0 N–H and O–H groups in total. The van der Waals surface area contributed by atoms with E-state index in [1.54, 1.807) is 21.9 Å². The first-order valence-corrected chi connectivity index (χ1v) is 8.66. The second-order valence-corrected chi connectivity index (χ2v) is 7.06. The number of nitrogens with zero attached hydrogens (tertiary/aromatic N) is 2. The fourth-order valence-electron chi connectivity index (χ4n) is 4.02. The van der Waals surface area contributed by atoms with Gasteiger partial charge in [-0.05, 0) is 56.5 Å². The number of carbonyl (C=O) groups is 1. The van der Waals surface area contributed by atoms with Crippen molar-refractivity contribution >= 4 is 11.6 Å². The van der Waals surface area contributed by atoms with Crippen LogP contribution in [0.3, 0.4) is 0 Å². The lowest BCUT2D eigenvalue weighted by Crippen LogP contribution is -2.56. The van der Waals surface area contributed by atoms with Crippen molar-refractivity contribution in [3.63, 3.8) is 0 Å². The number of likely N-dealkylation sites (tertiary alicyclic amines) is 1. The first kappa shape index (κ1) is 18.2. The highest BCUT2D eigenvalue weighted by molar-refractivity contribution is 5.98. The van der Waals surface area contributed by atoms with Gasteiger partial charge in [-0.25, -0.2) is 4.39 Å². The van der Waals surface area contributed by atoms with Crippen LogP contribution in [-0.2, 0) is 4.79 Å². The van der Waals surface area contributed by atoms with Gasteiger partial charge < -0.3 is 9.80 Å². The molecule has 2 fully saturated rings. The van der Waals surface area contributed by atoms with E-state index in [2.05, 4.69) is 0 Å². The summed E-state index contributed by atoms with van der Waals surface area (Å²) in [5.74, 6) is -0.402. The summed E-state index contributed by atoms with van der Waals surface area (Å²) < 4.78 is 50.6. The van der Waals surface area contributed by atoms with Crippen LogP contribution in [0, 0.1) is 11.2 Å². The molecule has 0 bridgehead atoms. The van der Waals surface area contributed by atoms with E-state index in [1.807, 2.05) is 0 Å². The Bertz CT molecular complexity index is 612. The average Bonchev–Trinajstić information content (AvgIpc) is 2.56. The Labute approximate surface area is 144 Å². The molecule has 1 amide bonds. The molecule has 138 valence electrons. The number of benzene rings is 1. The van der Waals surface area contributed by atoms with E-state index in [9.17, 15) is 22.4 Å². The van der Waals surface area contributed by atoms with Crippen molar-refractivity contribution in [2.45, 2.75) is 38.3 Å². The van der Waals surface area contributed by atoms with Gasteiger partial charge in [0.25, 0.3) is 0 Å². The fourth-order valence-corrected chi connectivity index (χ4v) is 4.02. The second-order valence-electron chi connectivity index (χ2n) is 7.06. The summed E-state index contributed by atoms with van der Waals surface area (Å²) >= 11 is 0. The molecule has 2 aliphatic rings. The van der Waals surface area contributed by atoms with E-state index in [4.69, 9.17) is 0 Å². The Morgan fingerprint density at radius 2 is 1.68 bits per heavy atom. The summed E-state index contributed by atoms with van der Waals surface area (Å²) in [6, 6.07) is 5.80. The van der Waals surface area contributed by atoms with Gasteiger partial charge in [0.05, 0.1) is 11.8 Å². The molecule has 1 aromatic carbocycles. The maximum Gasteiger partial charge on any atom is 0.390 e. The smallest absolute Gasteiger partial charge is 0.312 e. The highest BCUT2D eigenvalue weighted by Crippen LogP contribution is 2.41. The fraction of sp³-hybridized carbons (Fsp3) is 0.611. The van der Waals surface area contributed by atoms with Crippen LogP contribution in [0.15, 0.2) is 24.3 Å². The lowest BCUT2D eigenvalue weighted by molar-refractivity contribution is -0.143. The Balaban J connectivity index is 1.73. The molecular weight excluding hydrogens is 336 g/mol. The number of piperidine rings is 2. The molecule has 2 aliphatic heterocycles. The quantitative estimate of drug-likeness (QED) is 0.763. The van der Waals surface area contributed by atoms with Crippen LogP contribution in [0.1, 0.15) is 32.1 Å². The number of alkyl halides is 3. The van der Waals surface area contributed by atoms with Gasteiger partial charge in [-0.1, -0.05) is 0 Å². The Morgan fingerprint density at radius 1 is 1.04 bits per heavy atom. The van der Waals surface area contributed by atoms with Crippen molar-refractivity contribution in [1.29, 1.82) is 0 Å². The number of anilines is 1. The zero-order valence-electron chi connectivity index (χ0n) is 14.0. The highest BCUT2D eigenvalue weighted by Gasteiger charge is 2.47. The third-order valence-electron chi connectivity index (χ3n) is 5.24. The van der Waals surface area contributed by atoms with E-state index in [0.29, 0.717) is 38.2 Å². The highest BCUT2D eigenvalue weighted by atomic mass is 19.4. The predicted octanol–water partition coefficient (Wildman–Crippen LogP) is 3.99. The summed E-state index contributed by atoms with van der Waals surface area (Å²) in [6.45, 7) is 1.48. The van der Waals surface area contributed by atoms with Gasteiger partial charge in [0.1, 0.15) is 5.82 Å². The average molecular weight is 358 g/mol. The van der Waals surface area contributed by atoms with Crippen molar-refractivity contribution in [2.24, 2.45) is 5.41 Å². The second kappa shape index (κ2) is 6.94. The topological polar surface area (TPSA) is 23.6 Å². The number of halogens is 4. The van der Waals surface area contributed by atoms with Gasteiger partial charge in [0.15, 0.2) is 0 Å². The lowest BCUT2D eigenvalue weighted by Gasteiger charge is -2.47. The van der Waals surface area contributed by atoms with Crippen molar-refractivity contribution in [3.05, 3.63) is 30.1 Å². The molecule has 25 heavy (non-hydrogen) atoms. The molecule has 1 atom stereocenters. The van der Waals surface area contributed by atoms with Crippen molar-refractivity contribution < 1.29 is 22.4 Å². The van der Waals surface area contributed by atoms with Gasteiger partial charge in [-0.3, -0.25) is 4.79 Å². The van der Waals surface area contributed by atoms with Crippen molar-refractivity contribution in [2.75, 3.05) is 31.1 Å². The predicted molar refractivity (Wildman–Crippen MR) is 86.8 cm³/mol. The minimum absolute atomic E-state index is 0.0398. The zero-order chi connectivity index (χ0) is 18.1. The molecule has 2 heterocycles. The minimum Gasteiger partial charge on any atom is -0.312 e. The molecule has 7 heteroatoms. The Hall–Kier alpha value is -1.63. The lowest BCUT2D eigenvalue weighted by atomic mass is 9.72. The summed E-state index contributed by atoms with van der Waals surface area (Å²) in [5.41, 5.74) is 0.0362. The van der Waals surface area contributed by atoms with E-state index in [1.165, 1.54) is 12.1 Å². The molecule has 3 rings (SSSR count). The molecule has 0 aliphatic carbocycles. The number of carbonyl (C=O) groups excluding carboxylic acids is 1. The molecule has 2 saturated heterocycles. The van der Waals surface area contributed by atoms with Crippen molar-refractivity contribution in [3.8, 4) is 0 Å². The minimum atomic E-state index is -4.18. The molecule has 1 spiro atoms. The summed E-state index contributed by atoms with van der Waals surface area (Å²) in [6.07, 6.45) is -2.10. The molecule has 1 unspecified atom stereocenters. The van der Waals surface area contributed by atoms with Crippen LogP contribution < -0.4 is 4.90 Å². The zero-order valence-corrected chi connectivity index (χ0v) is 14.0. The largest absolute Gasteiger partial charge is 0.390 e. The van der Waals surface area contributed by atoms with Gasteiger partial charge in [-0.15, -0.1) is 0 Å². The van der Waals surface area contributed by atoms with Gasteiger partial charge in [-0.2, -0.15) is 13.2 Å². The number of amides is 1. The van der Waals surface area contributed by atoms with Crippen LogP contribution in [0.25, 0.3) is 0 Å². The molecular formula is C18H22F4N2O. The molecule has 0 saturated carbocycles. The third kappa shape index (κ3) is 4.14. The standard InChI is InChI=1S/C18H22F4N2O/c19-14-3-5-15(6-4-14)24-11-2-8-17(16(24)25)7-1-10-23(13-17)12-9-18(20,21)22/h3-6H,1-2,7-13H2. The number of rotatable bonds is 3. The number of hydrogen-bond donors (Lipinski definition) is 0. The van der Waals surface area contributed by atoms with Crippen LogP contribution in [-0.4, -0.2) is 43.2 Å². The van der Waals surface area contributed by atoms with Crippen LogP contribution in [0.5, 0.6) is 0 Å². The van der Waals surface area contributed by atoms with Crippen molar-refractivity contribution in [1.82, 2.24) is 4.90 Å². The van der Waals surface area contributed by atoms with E-state index < -0.39 is 18.0 Å². The summed E-state index contributed by atoms with van der Waals surface area (Å²) in [7, 11) is 0. The van der Waals surface area contributed by atoms with E-state index >= 15 is 0 Å². The molecule has 1 aromatic rings. The normalized spacial score (nSPS) is 25.6. The maximum atomic E-state index is 13.1. The first-order chi connectivity index (χ1) is 11.8. The van der Waals surface area contributed by atoms with E-state index in [0.717, 1.165) is 12.8 Å². The summed E-state index contributed by atoms with van der Waals surface area (Å²) in [5, 5.41) is 0. The van der Waals surface area contributed by atoms with Gasteiger partial charge in [0, 0.05) is 25.3 Å². The molecule has 0 radical (unpaired) electrons.